The van der Waals surface area contributed by atoms with E-state index in [-0.39, 0.29) is 10.9 Å². The highest BCUT2D eigenvalue weighted by molar-refractivity contribution is 7.80. The number of benzene rings is 1. The van der Waals surface area contributed by atoms with Gasteiger partial charge in [0.1, 0.15) is 5.75 Å². The van der Waals surface area contributed by atoms with Crippen molar-refractivity contribution in [2.24, 2.45) is 10.8 Å². The predicted octanol–water partition coefficient (Wildman–Crippen LogP) is 1.11. The first-order chi connectivity index (χ1) is 8.18. The molecule has 4 N–H and O–H groups in total. The first kappa shape index (κ1) is 11.3. The van der Waals surface area contributed by atoms with Crippen molar-refractivity contribution in [3.05, 3.63) is 36.2 Å². The first-order valence-electron chi connectivity index (χ1n) is 4.83. The first-order valence-corrected chi connectivity index (χ1v) is 5.24. The molecule has 1 aromatic heterocycles. The molecule has 1 aromatic carbocycles. The number of nitrogens with one attached hydrogen (secondary N) is 1. The van der Waals surface area contributed by atoms with Crippen LogP contribution >= 0.6 is 12.2 Å². The van der Waals surface area contributed by atoms with Gasteiger partial charge in [0.25, 0.3) is 0 Å². The molecule has 86 valence electrons. The standard InChI is InChI=1S/C11H10N4OS/c12-11(17)15-14-6-9-7-2-1-3-10(16)8(7)4-5-13-9/h1-6,16H,(H3,12,15,17)/b14-6-. The Labute approximate surface area is 103 Å². The summed E-state index contributed by atoms with van der Waals surface area (Å²) in [6.45, 7) is 0. The fourth-order valence-corrected chi connectivity index (χ4v) is 1.53. The van der Waals surface area contributed by atoms with Crippen LogP contribution in [0.3, 0.4) is 0 Å². The van der Waals surface area contributed by atoms with Crippen LogP contribution in [0.1, 0.15) is 5.69 Å². The minimum atomic E-state index is 0.0873. The Hall–Kier alpha value is -2.21. The average Bonchev–Trinajstić information content (AvgIpc) is 2.30. The van der Waals surface area contributed by atoms with E-state index in [2.05, 4.69) is 27.7 Å². The van der Waals surface area contributed by atoms with Gasteiger partial charge < -0.3 is 10.8 Å². The van der Waals surface area contributed by atoms with Crippen LogP contribution in [0.5, 0.6) is 5.75 Å². The van der Waals surface area contributed by atoms with E-state index in [1.165, 1.54) is 6.21 Å². The zero-order chi connectivity index (χ0) is 12.3. The second-order valence-electron chi connectivity index (χ2n) is 3.30. The zero-order valence-corrected chi connectivity index (χ0v) is 9.61. The molecule has 2 rings (SSSR count). The Morgan fingerprint density at radius 2 is 2.24 bits per heavy atom. The maximum atomic E-state index is 9.68. The van der Waals surface area contributed by atoms with Gasteiger partial charge in [-0.15, -0.1) is 0 Å². The SMILES string of the molecule is NC(=S)N/N=C\c1nccc2c(O)cccc12. The normalized spacial score (nSPS) is 10.8. The number of hydrazone groups is 1. The molecular formula is C11H10N4OS. The lowest BCUT2D eigenvalue weighted by atomic mass is 10.1. The van der Waals surface area contributed by atoms with Crippen molar-refractivity contribution in [1.82, 2.24) is 10.4 Å². The minimum Gasteiger partial charge on any atom is -0.507 e. The van der Waals surface area contributed by atoms with Crippen LogP contribution in [0.2, 0.25) is 0 Å². The Balaban J connectivity index is 2.44. The largest absolute Gasteiger partial charge is 0.507 e. The molecule has 17 heavy (non-hydrogen) atoms. The van der Waals surface area contributed by atoms with Crippen molar-refractivity contribution in [3.63, 3.8) is 0 Å². The summed E-state index contributed by atoms with van der Waals surface area (Å²) < 4.78 is 0. The van der Waals surface area contributed by atoms with Gasteiger partial charge in [-0.2, -0.15) is 5.10 Å². The average molecular weight is 246 g/mol. The van der Waals surface area contributed by atoms with Crippen molar-refractivity contribution in [3.8, 4) is 5.75 Å². The van der Waals surface area contributed by atoms with Gasteiger partial charge in [0, 0.05) is 17.0 Å². The summed E-state index contributed by atoms with van der Waals surface area (Å²) >= 11 is 4.62. The van der Waals surface area contributed by atoms with Crippen LogP contribution in [0.15, 0.2) is 35.6 Å². The monoisotopic (exact) mass is 246 g/mol. The molecule has 0 aliphatic heterocycles. The molecule has 5 nitrogen and oxygen atoms in total. The lowest BCUT2D eigenvalue weighted by Crippen LogP contribution is -2.24. The molecule has 6 heteroatoms. The Bertz CT molecular complexity index is 597. The highest BCUT2D eigenvalue weighted by Crippen LogP contribution is 2.24. The van der Waals surface area contributed by atoms with E-state index in [1.807, 2.05) is 6.07 Å². The van der Waals surface area contributed by atoms with Crippen molar-refractivity contribution >= 4 is 34.3 Å². The molecule has 0 atom stereocenters. The van der Waals surface area contributed by atoms with E-state index >= 15 is 0 Å². The van der Waals surface area contributed by atoms with Crippen molar-refractivity contribution < 1.29 is 5.11 Å². The van der Waals surface area contributed by atoms with Gasteiger partial charge in [-0.25, -0.2) is 0 Å². The summed E-state index contributed by atoms with van der Waals surface area (Å²) in [5, 5.41) is 15.1. The van der Waals surface area contributed by atoms with E-state index in [4.69, 9.17) is 5.73 Å². The van der Waals surface area contributed by atoms with Crippen molar-refractivity contribution in [2.45, 2.75) is 0 Å². The third kappa shape index (κ3) is 2.48. The van der Waals surface area contributed by atoms with E-state index < -0.39 is 0 Å². The number of nitrogens with zero attached hydrogens (tertiary/aromatic N) is 2. The van der Waals surface area contributed by atoms with Gasteiger partial charge in [-0.05, 0) is 24.4 Å². The van der Waals surface area contributed by atoms with Gasteiger partial charge in [0.05, 0.1) is 11.9 Å². The highest BCUT2D eigenvalue weighted by atomic mass is 32.1. The molecule has 0 bridgehead atoms. The molecule has 0 spiro atoms. The fourth-order valence-electron chi connectivity index (χ4n) is 1.47. The number of hydrogen-bond donors (Lipinski definition) is 3. The minimum absolute atomic E-state index is 0.0873. The molecule has 1 heterocycles. The van der Waals surface area contributed by atoms with Gasteiger partial charge >= 0.3 is 0 Å². The molecule has 0 amide bonds. The van der Waals surface area contributed by atoms with Crippen LogP contribution in [-0.2, 0) is 0 Å². The quantitative estimate of drug-likeness (QED) is 0.420. The van der Waals surface area contributed by atoms with E-state index in [0.29, 0.717) is 5.69 Å². The van der Waals surface area contributed by atoms with Crippen LogP contribution in [-0.4, -0.2) is 21.4 Å². The second kappa shape index (κ2) is 4.75. The molecule has 0 aliphatic carbocycles. The summed E-state index contributed by atoms with van der Waals surface area (Å²) in [6.07, 6.45) is 3.10. The van der Waals surface area contributed by atoms with Gasteiger partial charge in [-0.1, -0.05) is 12.1 Å². The number of phenols is 1. The fraction of sp³-hybridized carbons (Fsp3) is 0. The number of aromatic nitrogens is 1. The smallest absolute Gasteiger partial charge is 0.184 e. The number of aromatic hydroxyl groups is 1. The number of pyridine rings is 1. The second-order valence-corrected chi connectivity index (χ2v) is 3.74. The topological polar surface area (TPSA) is 83.5 Å². The van der Waals surface area contributed by atoms with E-state index in [9.17, 15) is 5.11 Å². The van der Waals surface area contributed by atoms with Crippen LogP contribution in [0.4, 0.5) is 0 Å². The molecule has 0 aliphatic rings. The van der Waals surface area contributed by atoms with Gasteiger partial charge in [0.2, 0.25) is 0 Å². The Morgan fingerprint density at radius 3 is 3.00 bits per heavy atom. The van der Waals surface area contributed by atoms with Crippen molar-refractivity contribution in [1.29, 1.82) is 0 Å². The lowest BCUT2D eigenvalue weighted by molar-refractivity contribution is 0.481. The number of hydrogen-bond acceptors (Lipinski definition) is 4. The van der Waals surface area contributed by atoms with Crippen molar-refractivity contribution in [2.75, 3.05) is 0 Å². The van der Waals surface area contributed by atoms with Crippen LogP contribution in [0, 0.1) is 0 Å². The molecule has 0 fully saturated rings. The maximum absolute atomic E-state index is 9.68. The maximum Gasteiger partial charge on any atom is 0.184 e. The molecule has 0 unspecified atom stereocenters. The third-order valence-electron chi connectivity index (χ3n) is 2.18. The molecule has 0 saturated heterocycles. The summed E-state index contributed by atoms with van der Waals surface area (Å²) in [7, 11) is 0. The summed E-state index contributed by atoms with van der Waals surface area (Å²) in [4.78, 5) is 4.16. The van der Waals surface area contributed by atoms with Gasteiger partial charge in [-0.3, -0.25) is 10.4 Å². The Kier molecular flexibility index (Phi) is 3.15. The summed E-state index contributed by atoms with van der Waals surface area (Å²) in [5.74, 6) is 0.210. The highest BCUT2D eigenvalue weighted by Gasteiger charge is 2.02. The van der Waals surface area contributed by atoms with Gasteiger partial charge in [0.15, 0.2) is 5.11 Å². The predicted molar refractivity (Wildman–Crippen MR) is 70.9 cm³/mol. The summed E-state index contributed by atoms with van der Waals surface area (Å²) in [6, 6.07) is 6.96. The number of phenolic OH excluding ortho intramolecular Hbond substituents is 1. The molecule has 2 aromatic rings. The third-order valence-corrected chi connectivity index (χ3v) is 2.27. The van der Waals surface area contributed by atoms with Crippen LogP contribution in [0.25, 0.3) is 10.8 Å². The molecular weight excluding hydrogens is 236 g/mol. The van der Waals surface area contributed by atoms with E-state index in [1.54, 1.807) is 24.4 Å². The van der Waals surface area contributed by atoms with Crippen LogP contribution < -0.4 is 11.2 Å². The number of rotatable bonds is 2. The lowest BCUT2D eigenvalue weighted by Gasteiger charge is -2.02. The number of nitrogens with two attached hydrogens (primary N) is 1. The van der Waals surface area contributed by atoms with E-state index in [0.717, 1.165) is 10.8 Å². The number of thiocarbonyl (C=S) groups is 1. The molecule has 0 radical (unpaired) electrons. The number of fused-ring (bicyclic) bond motifs is 1. The zero-order valence-electron chi connectivity index (χ0n) is 8.79. The molecule has 0 saturated carbocycles. The summed E-state index contributed by atoms with van der Waals surface area (Å²) in [5.41, 5.74) is 8.32. The Morgan fingerprint density at radius 1 is 1.41 bits per heavy atom.